The molecule has 1 aliphatic carbocycles. The maximum Gasteiger partial charge on any atom is 0.224 e. The standard InChI is InChI=1S/C16H24N2O.ClH/c1-11-7-8-14(9-12(11)2)18-16(19)10-13-5-3-4-6-15(13)17;/h7-9,13,15H,3-6,10,17H2,1-2H3,(H,18,19);1H. The largest absolute Gasteiger partial charge is 0.327 e. The minimum absolute atomic E-state index is 0. The van der Waals surface area contributed by atoms with E-state index in [0.29, 0.717) is 12.3 Å². The number of carbonyl (C=O) groups excluding carboxylic acids is 1. The van der Waals surface area contributed by atoms with Crippen LogP contribution in [0.2, 0.25) is 0 Å². The van der Waals surface area contributed by atoms with E-state index in [1.54, 1.807) is 0 Å². The van der Waals surface area contributed by atoms with E-state index in [4.69, 9.17) is 5.73 Å². The van der Waals surface area contributed by atoms with E-state index in [-0.39, 0.29) is 24.4 Å². The van der Waals surface area contributed by atoms with Crippen LogP contribution in [0.5, 0.6) is 0 Å². The Morgan fingerprint density at radius 1 is 1.25 bits per heavy atom. The van der Waals surface area contributed by atoms with Gasteiger partial charge in [0, 0.05) is 18.2 Å². The molecular formula is C16H25ClN2O. The normalized spacial score (nSPS) is 21.9. The summed E-state index contributed by atoms with van der Waals surface area (Å²) in [5.74, 6) is 0.436. The summed E-state index contributed by atoms with van der Waals surface area (Å²) in [5, 5.41) is 2.98. The number of anilines is 1. The molecule has 1 fully saturated rings. The Balaban J connectivity index is 0.00000200. The van der Waals surface area contributed by atoms with Crippen LogP contribution in [-0.2, 0) is 4.79 Å². The molecule has 2 unspecified atom stereocenters. The second-order valence-corrected chi connectivity index (χ2v) is 5.76. The highest BCUT2D eigenvalue weighted by atomic mass is 35.5. The predicted octanol–water partition coefficient (Wildman–Crippen LogP) is 3.57. The molecule has 1 saturated carbocycles. The lowest BCUT2D eigenvalue weighted by molar-refractivity contribution is -0.117. The van der Waals surface area contributed by atoms with Crippen molar-refractivity contribution in [1.29, 1.82) is 0 Å². The molecule has 1 aromatic carbocycles. The van der Waals surface area contributed by atoms with Gasteiger partial charge >= 0.3 is 0 Å². The molecule has 1 amide bonds. The van der Waals surface area contributed by atoms with Crippen LogP contribution in [0.3, 0.4) is 0 Å². The average Bonchev–Trinajstić information content (AvgIpc) is 2.37. The first-order chi connectivity index (χ1) is 9.06. The van der Waals surface area contributed by atoms with Crippen LogP contribution in [0.1, 0.15) is 43.2 Å². The Morgan fingerprint density at radius 2 is 1.95 bits per heavy atom. The van der Waals surface area contributed by atoms with E-state index in [9.17, 15) is 4.79 Å². The summed E-state index contributed by atoms with van der Waals surface area (Å²) < 4.78 is 0. The molecular weight excluding hydrogens is 272 g/mol. The Bertz CT molecular complexity index is 462. The highest BCUT2D eigenvalue weighted by molar-refractivity contribution is 5.91. The molecule has 2 rings (SSSR count). The van der Waals surface area contributed by atoms with Crippen LogP contribution < -0.4 is 11.1 Å². The zero-order chi connectivity index (χ0) is 13.8. The van der Waals surface area contributed by atoms with Crippen molar-refractivity contribution in [1.82, 2.24) is 0 Å². The fourth-order valence-corrected chi connectivity index (χ4v) is 2.76. The predicted molar refractivity (Wildman–Crippen MR) is 86.3 cm³/mol. The summed E-state index contributed by atoms with van der Waals surface area (Å²) in [6, 6.07) is 6.21. The molecule has 0 aliphatic heterocycles. The summed E-state index contributed by atoms with van der Waals surface area (Å²) in [7, 11) is 0. The SMILES string of the molecule is Cc1ccc(NC(=O)CC2CCCCC2N)cc1C.Cl. The van der Waals surface area contributed by atoms with Gasteiger partial charge in [-0.3, -0.25) is 4.79 Å². The quantitative estimate of drug-likeness (QED) is 0.896. The zero-order valence-electron chi connectivity index (χ0n) is 12.3. The lowest BCUT2D eigenvalue weighted by Gasteiger charge is -2.27. The van der Waals surface area contributed by atoms with Gasteiger partial charge in [0.25, 0.3) is 0 Å². The summed E-state index contributed by atoms with van der Waals surface area (Å²) in [5.41, 5.74) is 9.42. The number of rotatable bonds is 3. The molecule has 0 radical (unpaired) electrons. The van der Waals surface area contributed by atoms with E-state index in [2.05, 4.69) is 19.2 Å². The minimum Gasteiger partial charge on any atom is -0.327 e. The number of amides is 1. The van der Waals surface area contributed by atoms with Crippen LogP contribution in [-0.4, -0.2) is 11.9 Å². The van der Waals surface area contributed by atoms with Crippen molar-refractivity contribution in [2.24, 2.45) is 11.7 Å². The van der Waals surface area contributed by atoms with Gasteiger partial charge in [-0.15, -0.1) is 12.4 Å². The second kappa shape index (κ2) is 7.65. The van der Waals surface area contributed by atoms with E-state index in [0.717, 1.165) is 18.5 Å². The first-order valence-corrected chi connectivity index (χ1v) is 7.19. The molecule has 1 aromatic rings. The molecule has 0 heterocycles. The lowest BCUT2D eigenvalue weighted by Crippen LogP contribution is -2.35. The van der Waals surface area contributed by atoms with Crippen LogP contribution in [0.4, 0.5) is 5.69 Å². The molecule has 0 saturated heterocycles. The maximum atomic E-state index is 12.1. The van der Waals surface area contributed by atoms with Gasteiger partial charge in [0.15, 0.2) is 0 Å². The average molecular weight is 297 g/mol. The second-order valence-electron chi connectivity index (χ2n) is 5.76. The number of halogens is 1. The number of hydrogen-bond acceptors (Lipinski definition) is 2. The van der Waals surface area contributed by atoms with Crippen molar-refractivity contribution in [3.63, 3.8) is 0 Å². The smallest absolute Gasteiger partial charge is 0.224 e. The number of carbonyl (C=O) groups is 1. The van der Waals surface area contributed by atoms with Gasteiger partial charge in [-0.25, -0.2) is 0 Å². The van der Waals surface area contributed by atoms with Gasteiger partial charge < -0.3 is 11.1 Å². The highest BCUT2D eigenvalue weighted by Crippen LogP contribution is 2.26. The zero-order valence-corrected chi connectivity index (χ0v) is 13.1. The first kappa shape index (κ1) is 17.0. The van der Waals surface area contributed by atoms with Crippen molar-refractivity contribution >= 4 is 24.0 Å². The van der Waals surface area contributed by atoms with Crippen molar-refractivity contribution in [3.05, 3.63) is 29.3 Å². The molecule has 3 nitrogen and oxygen atoms in total. The number of nitrogens with one attached hydrogen (secondary N) is 1. The third-order valence-electron chi connectivity index (χ3n) is 4.21. The number of aryl methyl sites for hydroxylation is 2. The van der Waals surface area contributed by atoms with Crippen LogP contribution in [0, 0.1) is 19.8 Å². The molecule has 4 heteroatoms. The Labute approximate surface area is 127 Å². The van der Waals surface area contributed by atoms with Gasteiger partial charge in [0.1, 0.15) is 0 Å². The topological polar surface area (TPSA) is 55.1 Å². The molecule has 1 aliphatic rings. The minimum atomic E-state index is 0. The highest BCUT2D eigenvalue weighted by Gasteiger charge is 2.24. The molecule has 0 spiro atoms. The molecule has 2 atom stereocenters. The summed E-state index contributed by atoms with van der Waals surface area (Å²) in [4.78, 5) is 12.1. The van der Waals surface area contributed by atoms with Gasteiger partial charge in [0.2, 0.25) is 5.91 Å². The van der Waals surface area contributed by atoms with Gasteiger partial charge in [-0.2, -0.15) is 0 Å². The van der Waals surface area contributed by atoms with E-state index in [1.165, 1.54) is 24.0 Å². The first-order valence-electron chi connectivity index (χ1n) is 7.19. The summed E-state index contributed by atoms with van der Waals surface area (Å²) >= 11 is 0. The fourth-order valence-electron chi connectivity index (χ4n) is 2.76. The van der Waals surface area contributed by atoms with Crippen LogP contribution >= 0.6 is 12.4 Å². The fraction of sp³-hybridized carbons (Fsp3) is 0.562. The number of benzene rings is 1. The lowest BCUT2D eigenvalue weighted by atomic mass is 9.83. The van der Waals surface area contributed by atoms with Crippen molar-refractivity contribution in [2.75, 3.05) is 5.32 Å². The molecule has 0 bridgehead atoms. The molecule has 112 valence electrons. The van der Waals surface area contributed by atoms with Crippen LogP contribution in [0.25, 0.3) is 0 Å². The van der Waals surface area contributed by atoms with Crippen molar-refractivity contribution in [2.45, 2.75) is 52.0 Å². The van der Waals surface area contributed by atoms with Crippen molar-refractivity contribution < 1.29 is 4.79 Å². The monoisotopic (exact) mass is 296 g/mol. The van der Waals surface area contributed by atoms with E-state index >= 15 is 0 Å². The Kier molecular flexibility index (Phi) is 6.50. The molecule has 0 aromatic heterocycles. The van der Waals surface area contributed by atoms with E-state index in [1.807, 2.05) is 18.2 Å². The summed E-state index contributed by atoms with van der Waals surface area (Å²) in [6.07, 6.45) is 5.10. The van der Waals surface area contributed by atoms with Gasteiger partial charge in [-0.05, 0) is 55.9 Å². The number of hydrogen-bond donors (Lipinski definition) is 2. The Hall–Kier alpha value is -1.06. The maximum absolute atomic E-state index is 12.1. The molecule has 20 heavy (non-hydrogen) atoms. The molecule has 3 N–H and O–H groups in total. The van der Waals surface area contributed by atoms with E-state index < -0.39 is 0 Å². The third-order valence-corrected chi connectivity index (χ3v) is 4.21. The van der Waals surface area contributed by atoms with Gasteiger partial charge in [-0.1, -0.05) is 18.9 Å². The summed E-state index contributed by atoms with van der Waals surface area (Å²) in [6.45, 7) is 4.13. The Morgan fingerprint density at radius 3 is 2.60 bits per heavy atom. The third kappa shape index (κ3) is 4.50. The van der Waals surface area contributed by atoms with Crippen molar-refractivity contribution in [3.8, 4) is 0 Å². The van der Waals surface area contributed by atoms with Crippen LogP contribution in [0.15, 0.2) is 18.2 Å². The van der Waals surface area contributed by atoms with Gasteiger partial charge in [0.05, 0.1) is 0 Å². The number of nitrogens with two attached hydrogens (primary N) is 1.